The molecule has 0 aliphatic heterocycles. The van der Waals surface area contributed by atoms with Gasteiger partial charge in [-0.25, -0.2) is 0 Å². The summed E-state index contributed by atoms with van der Waals surface area (Å²) in [6.07, 6.45) is 0. The molecule has 0 saturated heterocycles. The average Bonchev–Trinajstić information content (AvgIpc) is 2.18. The maximum atomic E-state index is 5.95. The second kappa shape index (κ2) is 3.82. The molecule has 0 fully saturated rings. The van der Waals surface area contributed by atoms with Crippen molar-refractivity contribution in [3.05, 3.63) is 40.6 Å². The Morgan fingerprint density at radius 2 is 1.87 bits per heavy atom. The van der Waals surface area contributed by atoms with Crippen LogP contribution >= 0.6 is 11.6 Å². The zero-order valence-electron chi connectivity index (χ0n) is 9.26. The minimum absolute atomic E-state index is 0.544. The molecule has 15 heavy (non-hydrogen) atoms. The van der Waals surface area contributed by atoms with E-state index in [-0.39, 0.29) is 0 Å². The lowest BCUT2D eigenvalue weighted by molar-refractivity contribution is 1.21. The van der Waals surface area contributed by atoms with E-state index in [2.05, 4.69) is 37.0 Å². The van der Waals surface area contributed by atoms with Gasteiger partial charge in [0.2, 0.25) is 0 Å². The van der Waals surface area contributed by atoms with E-state index in [4.69, 9.17) is 11.6 Å². The summed E-state index contributed by atoms with van der Waals surface area (Å²) in [7, 11) is 0. The summed E-state index contributed by atoms with van der Waals surface area (Å²) in [4.78, 5) is 4.57. The molecule has 0 atom stereocenters. The maximum absolute atomic E-state index is 5.95. The fourth-order valence-electron chi connectivity index (χ4n) is 2.00. The molecular formula is C13H14ClN. The second-order valence-corrected chi connectivity index (χ2v) is 4.30. The lowest BCUT2D eigenvalue weighted by Crippen LogP contribution is -1.93. The third-order valence-electron chi connectivity index (χ3n) is 2.61. The van der Waals surface area contributed by atoms with Crippen molar-refractivity contribution >= 4 is 22.5 Å². The molecule has 0 spiro atoms. The molecule has 1 aromatic carbocycles. The molecule has 0 unspecified atom stereocenters. The zero-order chi connectivity index (χ0) is 11.0. The smallest absolute Gasteiger partial charge is 0.0737 e. The standard InChI is InChI=1S/C13H14ClN/c1-8-4-9(2)13-12(5-8)11(7-14)6-10(3)15-13/h4-6H,7H2,1-3H3. The normalized spacial score (nSPS) is 10.9. The third kappa shape index (κ3) is 1.84. The van der Waals surface area contributed by atoms with Crippen molar-refractivity contribution in [2.75, 3.05) is 0 Å². The van der Waals surface area contributed by atoms with Gasteiger partial charge in [0.25, 0.3) is 0 Å². The summed E-state index contributed by atoms with van der Waals surface area (Å²) in [5.41, 5.74) is 5.77. The van der Waals surface area contributed by atoms with Gasteiger partial charge in [-0.05, 0) is 44.0 Å². The molecular weight excluding hydrogens is 206 g/mol. The van der Waals surface area contributed by atoms with Crippen LogP contribution in [0.2, 0.25) is 0 Å². The number of aromatic nitrogens is 1. The van der Waals surface area contributed by atoms with Gasteiger partial charge in [-0.3, -0.25) is 4.98 Å². The molecule has 0 radical (unpaired) electrons. The molecule has 0 saturated carbocycles. The first-order valence-corrected chi connectivity index (χ1v) is 5.58. The van der Waals surface area contributed by atoms with Crippen LogP contribution in [0.15, 0.2) is 18.2 Å². The SMILES string of the molecule is Cc1cc(C)c2nc(C)cc(CCl)c2c1. The predicted molar refractivity (Wildman–Crippen MR) is 65.5 cm³/mol. The van der Waals surface area contributed by atoms with Crippen LogP contribution < -0.4 is 0 Å². The van der Waals surface area contributed by atoms with Gasteiger partial charge in [-0.15, -0.1) is 11.6 Å². The summed E-state index contributed by atoms with van der Waals surface area (Å²) in [5.74, 6) is 0.544. The van der Waals surface area contributed by atoms with Gasteiger partial charge in [0.1, 0.15) is 0 Å². The van der Waals surface area contributed by atoms with Crippen LogP contribution in [-0.4, -0.2) is 4.98 Å². The first-order chi connectivity index (χ1) is 7.11. The van der Waals surface area contributed by atoms with Crippen LogP contribution in [0.3, 0.4) is 0 Å². The second-order valence-electron chi connectivity index (χ2n) is 4.03. The number of aryl methyl sites for hydroxylation is 3. The van der Waals surface area contributed by atoms with Gasteiger partial charge < -0.3 is 0 Å². The number of nitrogens with zero attached hydrogens (tertiary/aromatic N) is 1. The molecule has 2 heteroatoms. The number of pyridine rings is 1. The van der Waals surface area contributed by atoms with Crippen LogP contribution in [0.25, 0.3) is 10.9 Å². The molecule has 1 heterocycles. The van der Waals surface area contributed by atoms with Crippen LogP contribution in [0.4, 0.5) is 0 Å². The molecule has 78 valence electrons. The Morgan fingerprint density at radius 1 is 1.13 bits per heavy atom. The Labute approximate surface area is 95.1 Å². The molecule has 1 aromatic heterocycles. The maximum Gasteiger partial charge on any atom is 0.0737 e. The molecule has 1 nitrogen and oxygen atoms in total. The number of rotatable bonds is 1. The highest BCUT2D eigenvalue weighted by Crippen LogP contribution is 2.24. The monoisotopic (exact) mass is 219 g/mol. The molecule has 2 aromatic rings. The van der Waals surface area contributed by atoms with Crippen molar-refractivity contribution in [1.29, 1.82) is 0 Å². The van der Waals surface area contributed by atoms with E-state index < -0.39 is 0 Å². The van der Waals surface area contributed by atoms with E-state index in [0.29, 0.717) is 5.88 Å². The fourth-order valence-corrected chi connectivity index (χ4v) is 2.22. The van der Waals surface area contributed by atoms with E-state index in [1.807, 2.05) is 6.92 Å². The molecule has 2 rings (SSSR count). The van der Waals surface area contributed by atoms with Crippen LogP contribution in [0.1, 0.15) is 22.4 Å². The first-order valence-electron chi connectivity index (χ1n) is 5.05. The highest BCUT2D eigenvalue weighted by Gasteiger charge is 2.06. The number of halogens is 1. The van der Waals surface area contributed by atoms with Gasteiger partial charge in [0.05, 0.1) is 5.52 Å². The van der Waals surface area contributed by atoms with Crippen LogP contribution in [0, 0.1) is 20.8 Å². The number of benzene rings is 1. The lowest BCUT2D eigenvalue weighted by atomic mass is 10.0. The van der Waals surface area contributed by atoms with Crippen LogP contribution in [-0.2, 0) is 5.88 Å². The number of alkyl halides is 1. The molecule has 0 aliphatic rings. The summed E-state index contributed by atoms with van der Waals surface area (Å²) in [5, 5.41) is 1.19. The summed E-state index contributed by atoms with van der Waals surface area (Å²) in [6.45, 7) is 6.21. The van der Waals surface area contributed by atoms with Crippen LogP contribution in [0.5, 0.6) is 0 Å². The molecule has 0 bridgehead atoms. The predicted octanol–water partition coefficient (Wildman–Crippen LogP) is 3.90. The third-order valence-corrected chi connectivity index (χ3v) is 2.89. The number of fused-ring (bicyclic) bond motifs is 1. The highest BCUT2D eigenvalue weighted by atomic mass is 35.5. The van der Waals surface area contributed by atoms with Crippen molar-refractivity contribution in [1.82, 2.24) is 4.98 Å². The minimum atomic E-state index is 0.544. The van der Waals surface area contributed by atoms with E-state index in [0.717, 1.165) is 11.2 Å². The molecule has 0 N–H and O–H groups in total. The quantitative estimate of drug-likeness (QED) is 0.663. The summed E-state index contributed by atoms with van der Waals surface area (Å²) >= 11 is 5.95. The van der Waals surface area contributed by atoms with E-state index >= 15 is 0 Å². The Morgan fingerprint density at radius 3 is 2.53 bits per heavy atom. The minimum Gasteiger partial charge on any atom is -0.253 e. The van der Waals surface area contributed by atoms with Crippen molar-refractivity contribution in [3.8, 4) is 0 Å². The largest absolute Gasteiger partial charge is 0.253 e. The van der Waals surface area contributed by atoms with Gasteiger partial charge in [0, 0.05) is 17.0 Å². The van der Waals surface area contributed by atoms with Crippen molar-refractivity contribution in [2.24, 2.45) is 0 Å². The fraction of sp³-hybridized carbons (Fsp3) is 0.308. The van der Waals surface area contributed by atoms with Crippen molar-refractivity contribution in [2.45, 2.75) is 26.7 Å². The van der Waals surface area contributed by atoms with Gasteiger partial charge in [-0.2, -0.15) is 0 Å². The Hall–Kier alpha value is -1.08. The van der Waals surface area contributed by atoms with E-state index in [1.165, 1.54) is 22.1 Å². The van der Waals surface area contributed by atoms with Gasteiger partial charge >= 0.3 is 0 Å². The summed E-state index contributed by atoms with van der Waals surface area (Å²) < 4.78 is 0. The average molecular weight is 220 g/mol. The van der Waals surface area contributed by atoms with E-state index in [1.54, 1.807) is 0 Å². The van der Waals surface area contributed by atoms with E-state index in [9.17, 15) is 0 Å². The lowest BCUT2D eigenvalue weighted by Gasteiger charge is -2.08. The molecule has 0 aliphatic carbocycles. The van der Waals surface area contributed by atoms with Gasteiger partial charge in [0.15, 0.2) is 0 Å². The van der Waals surface area contributed by atoms with Gasteiger partial charge in [-0.1, -0.05) is 11.6 Å². The Bertz CT molecular complexity index is 517. The summed E-state index contributed by atoms with van der Waals surface area (Å²) in [6, 6.07) is 6.38. The van der Waals surface area contributed by atoms with Crippen molar-refractivity contribution in [3.63, 3.8) is 0 Å². The zero-order valence-corrected chi connectivity index (χ0v) is 10.0. The highest BCUT2D eigenvalue weighted by molar-refractivity contribution is 6.18. The Kier molecular flexibility index (Phi) is 2.66. The topological polar surface area (TPSA) is 12.9 Å². The number of hydrogen-bond acceptors (Lipinski definition) is 1. The van der Waals surface area contributed by atoms with Crippen molar-refractivity contribution < 1.29 is 0 Å². The number of hydrogen-bond donors (Lipinski definition) is 0. The molecule has 0 amide bonds. The Balaban J connectivity index is 2.89. The first kappa shape index (κ1) is 10.4.